The molecular formula is C13H14N2O4. The van der Waals surface area contributed by atoms with Crippen molar-refractivity contribution in [3.8, 4) is 0 Å². The lowest BCUT2D eigenvalue weighted by atomic mass is 10.1. The first-order valence-corrected chi connectivity index (χ1v) is 6.21. The number of nitro groups is 1. The van der Waals surface area contributed by atoms with Crippen LogP contribution >= 0.6 is 0 Å². The van der Waals surface area contributed by atoms with Gasteiger partial charge in [-0.15, -0.1) is 0 Å². The van der Waals surface area contributed by atoms with E-state index in [9.17, 15) is 19.7 Å². The Labute approximate surface area is 110 Å². The first kappa shape index (κ1) is 13.2. The van der Waals surface area contributed by atoms with Crippen LogP contribution in [0.15, 0.2) is 18.2 Å². The first-order valence-electron chi connectivity index (χ1n) is 6.21. The van der Waals surface area contributed by atoms with Gasteiger partial charge in [-0.1, -0.05) is 25.8 Å². The summed E-state index contributed by atoms with van der Waals surface area (Å²) in [7, 11) is 0. The van der Waals surface area contributed by atoms with E-state index in [4.69, 9.17) is 0 Å². The second kappa shape index (κ2) is 5.17. The van der Waals surface area contributed by atoms with Crippen LogP contribution < -0.4 is 0 Å². The van der Waals surface area contributed by atoms with Gasteiger partial charge in [0.1, 0.15) is 5.56 Å². The van der Waals surface area contributed by atoms with Gasteiger partial charge < -0.3 is 0 Å². The number of nitrogens with zero attached hydrogens (tertiary/aromatic N) is 2. The number of hydrogen-bond donors (Lipinski definition) is 0. The van der Waals surface area contributed by atoms with Gasteiger partial charge in [0.2, 0.25) is 0 Å². The Morgan fingerprint density at radius 2 is 1.95 bits per heavy atom. The summed E-state index contributed by atoms with van der Waals surface area (Å²) in [5.41, 5.74) is -0.237. The van der Waals surface area contributed by atoms with Gasteiger partial charge in [-0.25, -0.2) is 0 Å². The molecular weight excluding hydrogens is 248 g/mol. The summed E-state index contributed by atoms with van der Waals surface area (Å²) in [5, 5.41) is 10.9. The molecule has 0 fully saturated rings. The summed E-state index contributed by atoms with van der Waals surface area (Å²) >= 11 is 0. The Balaban J connectivity index is 2.33. The molecule has 0 radical (unpaired) electrons. The molecule has 0 saturated carbocycles. The summed E-state index contributed by atoms with van der Waals surface area (Å²) < 4.78 is 0. The minimum absolute atomic E-state index is 0.0750. The Bertz CT molecular complexity index is 554. The maximum Gasteiger partial charge on any atom is 0.282 e. The van der Waals surface area contributed by atoms with Crippen LogP contribution in [0.3, 0.4) is 0 Å². The van der Waals surface area contributed by atoms with E-state index in [0.717, 1.165) is 24.2 Å². The smallest absolute Gasteiger partial charge is 0.274 e. The molecule has 0 aliphatic carbocycles. The van der Waals surface area contributed by atoms with Gasteiger partial charge in [0.15, 0.2) is 0 Å². The molecule has 2 amide bonds. The zero-order valence-electron chi connectivity index (χ0n) is 10.6. The Kier molecular flexibility index (Phi) is 3.59. The number of carbonyl (C=O) groups is 2. The van der Waals surface area contributed by atoms with Crippen molar-refractivity contribution in [2.24, 2.45) is 0 Å². The average molecular weight is 262 g/mol. The molecule has 2 rings (SSSR count). The third kappa shape index (κ3) is 2.21. The summed E-state index contributed by atoms with van der Waals surface area (Å²) in [6, 6.07) is 4.14. The summed E-state index contributed by atoms with van der Waals surface area (Å²) in [6.07, 6.45) is 2.61. The van der Waals surface area contributed by atoms with Crippen LogP contribution in [0.1, 0.15) is 46.9 Å². The number of unbranched alkanes of at least 4 members (excludes halogenated alkanes) is 2. The van der Waals surface area contributed by atoms with Crippen LogP contribution in [0.4, 0.5) is 5.69 Å². The third-order valence-corrected chi connectivity index (χ3v) is 3.16. The van der Waals surface area contributed by atoms with E-state index in [-0.39, 0.29) is 16.8 Å². The number of benzene rings is 1. The van der Waals surface area contributed by atoms with E-state index in [0.29, 0.717) is 6.54 Å². The highest BCUT2D eigenvalue weighted by Gasteiger charge is 2.40. The molecule has 0 spiro atoms. The number of nitro benzene ring substituents is 1. The Hall–Kier alpha value is -2.24. The van der Waals surface area contributed by atoms with Gasteiger partial charge in [0, 0.05) is 12.6 Å². The standard InChI is InChI=1S/C13H14N2O4/c1-2-3-4-8-14-12(16)9-6-5-7-10(15(18)19)11(9)13(14)17/h5-7H,2-4,8H2,1H3. The Morgan fingerprint density at radius 1 is 1.21 bits per heavy atom. The molecule has 0 saturated heterocycles. The molecule has 0 N–H and O–H groups in total. The lowest BCUT2D eigenvalue weighted by Gasteiger charge is -2.12. The van der Waals surface area contributed by atoms with E-state index in [1.54, 1.807) is 0 Å². The number of carbonyl (C=O) groups excluding carboxylic acids is 2. The molecule has 19 heavy (non-hydrogen) atoms. The predicted octanol–water partition coefficient (Wildman–Crippen LogP) is 2.38. The molecule has 0 unspecified atom stereocenters. The highest BCUT2D eigenvalue weighted by Crippen LogP contribution is 2.30. The van der Waals surface area contributed by atoms with Crippen LogP contribution in [0.2, 0.25) is 0 Å². The van der Waals surface area contributed by atoms with Crippen molar-refractivity contribution in [3.05, 3.63) is 39.4 Å². The molecule has 0 aromatic heterocycles. The molecule has 1 heterocycles. The fourth-order valence-electron chi connectivity index (χ4n) is 2.19. The largest absolute Gasteiger partial charge is 0.282 e. The molecule has 6 nitrogen and oxygen atoms in total. The topological polar surface area (TPSA) is 80.5 Å². The molecule has 1 aromatic carbocycles. The van der Waals surface area contributed by atoms with Gasteiger partial charge >= 0.3 is 0 Å². The fraction of sp³-hybridized carbons (Fsp3) is 0.385. The number of hydrogen-bond acceptors (Lipinski definition) is 4. The maximum atomic E-state index is 12.1. The SMILES string of the molecule is CCCCCN1C(=O)c2cccc([N+](=O)[O-])c2C1=O. The highest BCUT2D eigenvalue weighted by atomic mass is 16.6. The van der Waals surface area contributed by atoms with E-state index < -0.39 is 16.7 Å². The normalized spacial score (nSPS) is 13.8. The van der Waals surface area contributed by atoms with Crippen molar-refractivity contribution < 1.29 is 14.5 Å². The summed E-state index contributed by atoms with van der Waals surface area (Å²) in [5.74, 6) is -0.983. The van der Waals surface area contributed by atoms with Crippen molar-refractivity contribution in [2.45, 2.75) is 26.2 Å². The molecule has 1 aliphatic rings. The zero-order valence-corrected chi connectivity index (χ0v) is 10.6. The van der Waals surface area contributed by atoms with Gasteiger partial charge in [-0.05, 0) is 12.5 Å². The van der Waals surface area contributed by atoms with Crippen molar-refractivity contribution in [1.82, 2.24) is 4.90 Å². The second-order valence-electron chi connectivity index (χ2n) is 4.43. The first-order chi connectivity index (χ1) is 9.07. The van der Waals surface area contributed by atoms with E-state index in [1.807, 2.05) is 6.92 Å². The van der Waals surface area contributed by atoms with Gasteiger partial charge in [-0.3, -0.25) is 24.6 Å². The van der Waals surface area contributed by atoms with Gasteiger partial charge in [-0.2, -0.15) is 0 Å². The van der Waals surface area contributed by atoms with E-state index in [1.165, 1.54) is 18.2 Å². The van der Waals surface area contributed by atoms with Crippen molar-refractivity contribution >= 4 is 17.5 Å². The predicted molar refractivity (Wildman–Crippen MR) is 68.0 cm³/mol. The molecule has 1 aliphatic heterocycles. The Morgan fingerprint density at radius 3 is 2.58 bits per heavy atom. The zero-order chi connectivity index (χ0) is 14.0. The minimum atomic E-state index is -0.625. The van der Waals surface area contributed by atoms with E-state index >= 15 is 0 Å². The summed E-state index contributed by atoms with van der Waals surface area (Å²) in [4.78, 5) is 35.6. The highest BCUT2D eigenvalue weighted by molar-refractivity contribution is 6.23. The average Bonchev–Trinajstić information content (AvgIpc) is 2.64. The van der Waals surface area contributed by atoms with Crippen molar-refractivity contribution in [1.29, 1.82) is 0 Å². The lowest BCUT2D eigenvalue weighted by Crippen LogP contribution is -2.30. The van der Waals surface area contributed by atoms with Crippen LogP contribution in [0.5, 0.6) is 0 Å². The van der Waals surface area contributed by atoms with Gasteiger partial charge in [0.25, 0.3) is 17.5 Å². The van der Waals surface area contributed by atoms with Crippen molar-refractivity contribution in [3.63, 3.8) is 0 Å². The monoisotopic (exact) mass is 262 g/mol. The third-order valence-electron chi connectivity index (χ3n) is 3.16. The molecule has 100 valence electrons. The van der Waals surface area contributed by atoms with Crippen LogP contribution in [0, 0.1) is 10.1 Å². The number of rotatable bonds is 5. The minimum Gasteiger partial charge on any atom is -0.274 e. The quantitative estimate of drug-likeness (QED) is 0.353. The summed E-state index contributed by atoms with van der Waals surface area (Å²) in [6.45, 7) is 2.34. The second-order valence-corrected chi connectivity index (χ2v) is 4.43. The van der Waals surface area contributed by atoms with Crippen LogP contribution in [-0.2, 0) is 0 Å². The van der Waals surface area contributed by atoms with Gasteiger partial charge in [0.05, 0.1) is 10.5 Å². The lowest BCUT2D eigenvalue weighted by molar-refractivity contribution is -0.385. The van der Waals surface area contributed by atoms with Crippen LogP contribution in [0.25, 0.3) is 0 Å². The maximum absolute atomic E-state index is 12.1. The van der Waals surface area contributed by atoms with Crippen molar-refractivity contribution in [2.75, 3.05) is 6.54 Å². The molecule has 1 aromatic rings. The number of fused-ring (bicyclic) bond motifs is 1. The van der Waals surface area contributed by atoms with E-state index in [2.05, 4.69) is 0 Å². The molecule has 0 bridgehead atoms. The number of amides is 2. The van der Waals surface area contributed by atoms with Crippen LogP contribution in [-0.4, -0.2) is 28.2 Å². The molecule has 0 atom stereocenters. The molecule has 6 heteroatoms. The fourth-order valence-corrected chi connectivity index (χ4v) is 2.19. The number of imide groups is 1.